The summed E-state index contributed by atoms with van der Waals surface area (Å²) in [6, 6.07) is 2.03. The lowest BCUT2D eigenvalue weighted by Crippen LogP contribution is -2.22. The molecule has 0 aliphatic heterocycles. The van der Waals surface area contributed by atoms with E-state index in [1.165, 1.54) is 0 Å². The zero-order chi connectivity index (χ0) is 9.02. The number of carbonyl (C=O) groups excluding carboxylic acids is 1. The van der Waals surface area contributed by atoms with Crippen molar-refractivity contribution >= 4 is 5.78 Å². The van der Waals surface area contributed by atoms with E-state index in [1.807, 2.05) is 33.8 Å². The summed E-state index contributed by atoms with van der Waals surface area (Å²) in [5, 5.41) is 8.64. The van der Waals surface area contributed by atoms with Gasteiger partial charge in [-0.2, -0.15) is 5.26 Å². The van der Waals surface area contributed by atoms with Gasteiger partial charge >= 0.3 is 0 Å². The van der Waals surface area contributed by atoms with Crippen molar-refractivity contribution in [2.75, 3.05) is 0 Å². The summed E-state index contributed by atoms with van der Waals surface area (Å²) in [5.74, 6) is -0.255. The summed E-state index contributed by atoms with van der Waals surface area (Å²) in [5.41, 5.74) is 0. The van der Waals surface area contributed by atoms with Crippen molar-refractivity contribution in [1.29, 1.82) is 5.26 Å². The maximum atomic E-state index is 11.3. The van der Waals surface area contributed by atoms with Crippen molar-refractivity contribution in [3.05, 3.63) is 0 Å². The second kappa shape index (κ2) is 4.12. The van der Waals surface area contributed by atoms with Crippen LogP contribution in [0.3, 0.4) is 0 Å². The first-order chi connectivity index (χ1) is 5.00. The molecule has 0 fully saturated rings. The molecule has 0 saturated heterocycles. The second-order valence-electron chi connectivity index (χ2n) is 3.41. The Kier molecular flexibility index (Phi) is 3.81. The Morgan fingerprint density at radius 2 is 1.73 bits per heavy atom. The molecule has 0 saturated carbocycles. The number of Topliss-reactive ketones (excluding diaryl/α,β-unsaturated/α-hetero) is 1. The Balaban J connectivity index is 4.30. The van der Waals surface area contributed by atoms with Gasteiger partial charge in [0.15, 0.2) is 5.78 Å². The predicted octanol–water partition coefficient (Wildman–Crippen LogP) is 2.01. The van der Waals surface area contributed by atoms with Gasteiger partial charge in [-0.05, 0) is 5.92 Å². The largest absolute Gasteiger partial charge is 0.298 e. The van der Waals surface area contributed by atoms with Crippen LogP contribution in [-0.2, 0) is 4.79 Å². The van der Waals surface area contributed by atoms with Crippen LogP contribution in [0.25, 0.3) is 0 Å². The van der Waals surface area contributed by atoms with E-state index in [2.05, 4.69) is 0 Å². The molecule has 0 bridgehead atoms. The third kappa shape index (κ3) is 2.71. The molecule has 0 radical (unpaired) electrons. The van der Waals surface area contributed by atoms with Crippen molar-refractivity contribution in [3.63, 3.8) is 0 Å². The molecule has 0 spiro atoms. The minimum Gasteiger partial charge on any atom is -0.298 e. The number of carbonyl (C=O) groups is 1. The molecule has 0 N–H and O–H groups in total. The van der Waals surface area contributed by atoms with Crippen LogP contribution in [0.2, 0.25) is 0 Å². The van der Waals surface area contributed by atoms with Crippen molar-refractivity contribution in [3.8, 4) is 6.07 Å². The average molecular weight is 153 g/mol. The Hall–Kier alpha value is -0.840. The molecule has 0 aromatic heterocycles. The van der Waals surface area contributed by atoms with Crippen LogP contribution in [0, 0.1) is 29.1 Å². The maximum absolute atomic E-state index is 11.3. The number of nitriles is 1. The van der Waals surface area contributed by atoms with Gasteiger partial charge in [0, 0.05) is 5.92 Å². The Morgan fingerprint density at radius 1 is 1.27 bits per heavy atom. The van der Waals surface area contributed by atoms with E-state index in [4.69, 9.17) is 5.26 Å². The maximum Gasteiger partial charge on any atom is 0.152 e. The number of hydrogen-bond acceptors (Lipinski definition) is 2. The summed E-state index contributed by atoms with van der Waals surface area (Å²) in [6.07, 6.45) is 0. The van der Waals surface area contributed by atoms with Crippen LogP contribution < -0.4 is 0 Å². The van der Waals surface area contributed by atoms with Gasteiger partial charge in [0.25, 0.3) is 0 Å². The van der Waals surface area contributed by atoms with Gasteiger partial charge in [-0.25, -0.2) is 0 Å². The van der Waals surface area contributed by atoms with Gasteiger partial charge in [-0.3, -0.25) is 4.79 Å². The van der Waals surface area contributed by atoms with E-state index in [-0.39, 0.29) is 17.6 Å². The van der Waals surface area contributed by atoms with Gasteiger partial charge < -0.3 is 0 Å². The summed E-state index contributed by atoms with van der Waals surface area (Å²) in [6.45, 7) is 7.45. The van der Waals surface area contributed by atoms with E-state index in [1.54, 1.807) is 0 Å². The number of ketones is 1. The summed E-state index contributed by atoms with van der Waals surface area (Å²) in [7, 11) is 0. The fourth-order valence-electron chi connectivity index (χ4n) is 0.900. The standard InChI is InChI=1S/C9H15NO/c1-6(2)8(5-10)9(11)7(3)4/h6-8H,1-4H3. The summed E-state index contributed by atoms with van der Waals surface area (Å²) in [4.78, 5) is 11.3. The fraction of sp³-hybridized carbons (Fsp3) is 0.778. The molecule has 1 atom stereocenters. The Morgan fingerprint density at radius 3 is 1.82 bits per heavy atom. The first-order valence-electron chi connectivity index (χ1n) is 3.94. The minimum atomic E-state index is -0.421. The number of hydrogen-bond donors (Lipinski definition) is 0. The third-order valence-electron chi connectivity index (χ3n) is 1.68. The highest BCUT2D eigenvalue weighted by molar-refractivity contribution is 5.85. The van der Waals surface area contributed by atoms with Crippen LogP contribution in [0.5, 0.6) is 0 Å². The fourth-order valence-corrected chi connectivity index (χ4v) is 0.900. The molecule has 0 rings (SSSR count). The molecular formula is C9H15NO. The molecule has 0 aliphatic carbocycles. The van der Waals surface area contributed by atoms with E-state index in [0.717, 1.165) is 0 Å². The van der Waals surface area contributed by atoms with Gasteiger partial charge in [-0.15, -0.1) is 0 Å². The predicted molar refractivity (Wildman–Crippen MR) is 43.8 cm³/mol. The topological polar surface area (TPSA) is 40.9 Å². The monoisotopic (exact) mass is 153 g/mol. The molecule has 1 unspecified atom stereocenters. The van der Waals surface area contributed by atoms with Gasteiger partial charge in [0.05, 0.1) is 6.07 Å². The molecule has 0 aromatic carbocycles. The van der Waals surface area contributed by atoms with Crippen molar-refractivity contribution in [2.24, 2.45) is 17.8 Å². The molecule has 2 heteroatoms. The second-order valence-corrected chi connectivity index (χ2v) is 3.41. The first kappa shape index (κ1) is 10.2. The highest BCUT2D eigenvalue weighted by Crippen LogP contribution is 2.15. The summed E-state index contributed by atoms with van der Waals surface area (Å²) < 4.78 is 0. The molecule has 0 aromatic rings. The minimum absolute atomic E-state index is 0.0259. The summed E-state index contributed by atoms with van der Waals surface area (Å²) >= 11 is 0. The molecular weight excluding hydrogens is 138 g/mol. The first-order valence-corrected chi connectivity index (χ1v) is 3.94. The van der Waals surface area contributed by atoms with E-state index in [0.29, 0.717) is 0 Å². The zero-order valence-electron chi connectivity index (χ0n) is 7.59. The lowest BCUT2D eigenvalue weighted by Gasteiger charge is -2.13. The molecule has 62 valence electrons. The van der Waals surface area contributed by atoms with Crippen LogP contribution in [0.1, 0.15) is 27.7 Å². The highest BCUT2D eigenvalue weighted by atomic mass is 16.1. The zero-order valence-corrected chi connectivity index (χ0v) is 7.59. The van der Waals surface area contributed by atoms with Gasteiger partial charge in [0.2, 0.25) is 0 Å². The Bertz CT molecular complexity index is 176. The van der Waals surface area contributed by atoms with Gasteiger partial charge in [-0.1, -0.05) is 27.7 Å². The molecule has 0 amide bonds. The SMILES string of the molecule is CC(C)C(=O)C(C#N)C(C)C. The normalized spacial score (nSPS) is 13.2. The highest BCUT2D eigenvalue weighted by Gasteiger charge is 2.23. The van der Waals surface area contributed by atoms with Crippen molar-refractivity contribution in [2.45, 2.75) is 27.7 Å². The van der Waals surface area contributed by atoms with Crippen LogP contribution in [-0.4, -0.2) is 5.78 Å². The lowest BCUT2D eigenvalue weighted by molar-refractivity contribution is -0.125. The quantitative estimate of drug-likeness (QED) is 0.622. The van der Waals surface area contributed by atoms with Crippen molar-refractivity contribution < 1.29 is 4.79 Å². The van der Waals surface area contributed by atoms with Crippen LogP contribution in [0.15, 0.2) is 0 Å². The molecule has 11 heavy (non-hydrogen) atoms. The number of rotatable bonds is 3. The van der Waals surface area contributed by atoms with E-state index < -0.39 is 5.92 Å². The average Bonchev–Trinajstić information content (AvgIpc) is 1.88. The van der Waals surface area contributed by atoms with Crippen LogP contribution in [0.4, 0.5) is 0 Å². The third-order valence-corrected chi connectivity index (χ3v) is 1.68. The van der Waals surface area contributed by atoms with Gasteiger partial charge in [0.1, 0.15) is 5.92 Å². The van der Waals surface area contributed by atoms with Crippen molar-refractivity contribution in [1.82, 2.24) is 0 Å². The smallest absolute Gasteiger partial charge is 0.152 e. The molecule has 0 aliphatic rings. The number of nitrogens with zero attached hydrogens (tertiary/aromatic N) is 1. The lowest BCUT2D eigenvalue weighted by atomic mass is 9.88. The molecule has 0 heterocycles. The van der Waals surface area contributed by atoms with E-state index >= 15 is 0 Å². The van der Waals surface area contributed by atoms with Crippen LogP contribution >= 0.6 is 0 Å². The Labute approximate surface area is 68.2 Å². The molecule has 2 nitrogen and oxygen atoms in total. The van der Waals surface area contributed by atoms with E-state index in [9.17, 15) is 4.79 Å².